The van der Waals surface area contributed by atoms with E-state index in [1.165, 1.54) is 31.4 Å². The quantitative estimate of drug-likeness (QED) is 0.796. The molecule has 0 aliphatic rings. The van der Waals surface area contributed by atoms with Crippen molar-refractivity contribution in [2.24, 2.45) is 0 Å². The highest BCUT2D eigenvalue weighted by Crippen LogP contribution is 2.32. The molecular weight excluding hydrogens is 389 g/mol. The van der Waals surface area contributed by atoms with Gasteiger partial charge in [0.2, 0.25) is 0 Å². The Morgan fingerprint density at radius 1 is 1.20 bits per heavy atom. The van der Waals surface area contributed by atoms with Crippen LogP contribution in [0.1, 0.15) is 5.56 Å². The van der Waals surface area contributed by atoms with Crippen LogP contribution in [-0.2, 0) is 14.8 Å². The summed E-state index contributed by atoms with van der Waals surface area (Å²) in [4.78, 5) is 11.1. The SMILES string of the molecule is COc1ccc(S(=O)(=O)N(CC(=O)O)c2cc(Cl)ccc2C)cc1Cl. The molecule has 0 amide bonds. The van der Waals surface area contributed by atoms with Crippen LogP contribution in [0.2, 0.25) is 10.0 Å². The van der Waals surface area contributed by atoms with Crippen LogP contribution in [0.4, 0.5) is 5.69 Å². The number of carboxylic acids is 1. The molecular formula is C16H15Cl2NO5S. The molecule has 0 unspecified atom stereocenters. The predicted molar refractivity (Wildman–Crippen MR) is 96.4 cm³/mol. The number of nitrogens with zero attached hydrogens (tertiary/aromatic N) is 1. The fraction of sp³-hybridized carbons (Fsp3) is 0.188. The molecule has 0 heterocycles. The molecule has 6 nitrogen and oxygen atoms in total. The van der Waals surface area contributed by atoms with Crippen molar-refractivity contribution in [3.05, 3.63) is 52.0 Å². The van der Waals surface area contributed by atoms with Crippen molar-refractivity contribution in [1.82, 2.24) is 0 Å². The van der Waals surface area contributed by atoms with Crippen LogP contribution in [0.15, 0.2) is 41.3 Å². The van der Waals surface area contributed by atoms with Crippen molar-refractivity contribution in [3.63, 3.8) is 0 Å². The summed E-state index contributed by atoms with van der Waals surface area (Å²) < 4.78 is 31.8. The molecule has 0 bridgehead atoms. The number of benzene rings is 2. The number of carbonyl (C=O) groups is 1. The molecule has 1 N–H and O–H groups in total. The van der Waals surface area contributed by atoms with E-state index < -0.39 is 22.5 Å². The molecule has 25 heavy (non-hydrogen) atoms. The molecule has 2 aromatic rings. The number of aryl methyl sites for hydroxylation is 1. The first-order valence-corrected chi connectivity index (χ1v) is 9.20. The predicted octanol–water partition coefficient (Wildman–Crippen LogP) is 3.59. The normalized spacial score (nSPS) is 11.2. The van der Waals surface area contributed by atoms with E-state index in [9.17, 15) is 13.2 Å². The van der Waals surface area contributed by atoms with Gasteiger partial charge in [-0.1, -0.05) is 29.3 Å². The molecule has 0 radical (unpaired) electrons. The van der Waals surface area contributed by atoms with E-state index in [-0.39, 0.29) is 15.6 Å². The van der Waals surface area contributed by atoms with Gasteiger partial charge < -0.3 is 9.84 Å². The third-order valence-corrected chi connectivity index (χ3v) is 5.72. The number of ether oxygens (including phenoxy) is 1. The number of halogens is 2. The maximum absolute atomic E-state index is 13.0. The summed E-state index contributed by atoms with van der Waals surface area (Å²) >= 11 is 12.0. The highest BCUT2D eigenvalue weighted by molar-refractivity contribution is 7.92. The van der Waals surface area contributed by atoms with Gasteiger partial charge in [0.05, 0.1) is 22.7 Å². The average Bonchev–Trinajstić information content (AvgIpc) is 2.54. The van der Waals surface area contributed by atoms with Gasteiger partial charge in [0.15, 0.2) is 0 Å². The largest absolute Gasteiger partial charge is 0.495 e. The molecule has 9 heteroatoms. The van der Waals surface area contributed by atoms with Crippen LogP contribution in [-0.4, -0.2) is 33.1 Å². The first-order valence-electron chi connectivity index (χ1n) is 7.01. The maximum atomic E-state index is 13.0. The fourth-order valence-electron chi connectivity index (χ4n) is 2.21. The second-order valence-electron chi connectivity index (χ2n) is 5.13. The molecule has 0 atom stereocenters. The van der Waals surface area contributed by atoms with Gasteiger partial charge in [-0.25, -0.2) is 8.42 Å². The van der Waals surface area contributed by atoms with Crippen LogP contribution in [0.3, 0.4) is 0 Å². The Hall–Kier alpha value is -1.96. The van der Waals surface area contributed by atoms with Crippen LogP contribution < -0.4 is 9.04 Å². The summed E-state index contributed by atoms with van der Waals surface area (Å²) in [6.45, 7) is 0.907. The Morgan fingerprint density at radius 3 is 2.44 bits per heavy atom. The summed E-state index contributed by atoms with van der Waals surface area (Å²) in [5.41, 5.74) is 0.746. The van der Waals surface area contributed by atoms with E-state index >= 15 is 0 Å². The minimum atomic E-state index is -4.18. The zero-order valence-corrected chi connectivity index (χ0v) is 15.7. The average molecular weight is 404 g/mol. The number of hydrogen-bond donors (Lipinski definition) is 1. The third-order valence-electron chi connectivity index (χ3n) is 3.43. The standard InChI is InChI=1S/C16H15Cl2NO5S/c1-10-3-4-11(17)7-14(10)19(9-16(20)21)25(22,23)12-5-6-15(24-2)13(18)8-12/h3-8H,9H2,1-2H3,(H,20,21). The van der Waals surface area contributed by atoms with Gasteiger partial charge in [0.1, 0.15) is 12.3 Å². The Kier molecular flexibility index (Phi) is 5.82. The van der Waals surface area contributed by atoms with Crippen LogP contribution in [0.25, 0.3) is 0 Å². The van der Waals surface area contributed by atoms with E-state index in [4.69, 9.17) is 33.0 Å². The summed E-state index contributed by atoms with van der Waals surface area (Å²) in [6.07, 6.45) is 0. The summed E-state index contributed by atoms with van der Waals surface area (Å²) in [7, 11) is -2.78. The van der Waals surface area contributed by atoms with Crippen molar-refractivity contribution in [3.8, 4) is 5.75 Å². The molecule has 2 rings (SSSR count). The number of rotatable bonds is 6. The van der Waals surface area contributed by atoms with Gasteiger partial charge in [-0.3, -0.25) is 9.10 Å². The van der Waals surface area contributed by atoms with Crippen molar-refractivity contribution in [2.45, 2.75) is 11.8 Å². The van der Waals surface area contributed by atoms with E-state index in [2.05, 4.69) is 0 Å². The maximum Gasteiger partial charge on any atom is 0.324 e. The monoisotopic (exact) mass is 403 g/mol. The first kappa shape index (κ1) is 19.4. The van der Waals surface area contributed by atoms with E-state index in [0.29, 0.717) is 16.3 Å². The lowest BCUT2D eigenvalue weighted by Gasteiger charge is -2.24. The summed E-state index contributed by atoms with van der Waals surface area (Å²) in [5, 5.41) is 9.56. The van der Waals surface area contributed by atoms with Gasteiger partial charge in [-0.05, 0) is 42.8 Å². The molecule has 134 valence electrons. The minimum absolute atomic E-state index is 0.0988. The molecule has 0 aliphatic carbocycles. The number of methoxy groups -OCH3 is 1. The van der Waals surface area contributed by atoms with Gasteiger partial charge in [0, 0.05) is 5.02 Å². The van der Waals surface area contributed by atoms with Gasteiger partial charge in [-0.15, -0.1) is 0 Å². The van der Waals surface area contributed by atoms with Crippen LogP contribution in [0, 0.1) is 6.92 Å². The Morgan fingerprint density at radius 2 is 1.88 bits per heavy atom. The lowest BCUT2D eigenvalue weighted by Crippen LogP contribution is -2.36. The third kappa shape index (κ3) is 4.18. The van der Waals surface area contributed by atoms with Gasteiger partial charge >= 0.3 is 5.97 Å². The minimum Gasteiger partial charge on any atom is -0.495 e. The van der Waals surface area contributed by atoms with Crippen molar-refractivity contribution >= 4 is 44.9 Å². The smallest absolute Gasteiger partial charge is 0.324 e. The van der Waals surface area contributed by atoms with E-state index in [1.54, 1.807) is 19.1 Å². The molecule has 0 saturated carbocycles. The number of sulfonamides is 1. The Bertz CT molecular complexity index is 915. The lowest BCUT2D eigenvalue weighted by molar-refractivity contribution is -0.135. The number of hydrogen-bond acceptors (Lipinski definition) is 4. The van der Waals surface area contributed by atoms with Crippen LogP contribution in [0.5, 0.6) is 5.75 Å². The van der Waals surface area contributed by atoms with Crippen molar-refractivity contribution in [1.29, 1.82) is 0 Å². The van der Waals surface area contributed by atoms with E-state index in [0.717, 1.165) is 4.31 Å². The highest BCUT2D eigenvalue weighted by Gasteiger charge is 2.29. The highest BCUT2D eigenvalue weighted by atomic mass is 35.5. The van der Waals surface area contributed by atoms with Crippen molar-refractivity contribution in [2.75, 3.05) is 18.0 Å². The zero-order chi connectivity index (χ0) is 18.8. The fourth-order valence-corrected chi connectivity index (χ4v) is 4.19. The molecule has 0 fully saturated rings. The Labute approximate surface area is 155 Å². The first-order chi connectivity index (χ1) is 11.7. The zero-order valence-electron chi connectivity index (χ0n) is 13.4. The van der Waals surface area contributed by atoms with Gasteiger partial charge in [0.25, 0.3) is 10.0 Å². The molecule has 0 saturated heterocycles. The molecule has 0 spiro atoms. The van der Waals surface area contributed by atoms with Crippen LogP contribution >= 0.6 is 23.2 Å². The van der Waals surface area contributed by atoms with Crippen molar-refractivity contribution < 1.29 is 23.1 Å². The molecule has 2 aromatic carbocycles. The number of carboxylic acid groups (broad SMARTS) is 1. The lowest BCUT2D eigenvalue weighted by atomic mass is 10.2. The molecule has 0 aromatic heterocycles. The van der Waals surface area contributed by atoms with Gasteiger partial charge in [-0.2, -0.15) is 0 Å². The topological polar surface area (TPSA) is 83.9 Å². The summed E-state index contributed by atoms with van der Waals surface area (Å²) in [6, 6.07) is 8.53. The summed E-state index contributed by atoms with van der Waals surface area (Å²) in [5.74, 6) is -0.994. The number of anilines is 1. The Balaban J connectivity index is 2.62. The number of aliphatic carboxylic acids is 1. The second kappa shape index (κ2) is 7.51. The second-order valence-corrected chi connectivity index (χ2v) is 7.84. The molecule has 0 aliphatic heterocycles. The van der Waals surface area contributed by atoms with E-state index in [1.807, 2.05) is 0 Å².